The first-order chi connectivity index (χ1) is 14.1. The molecule has 0 saturated heterocycles. The Labute approximate surface area is 175 Å². The van der Waals surface area contributed by atoms with E-state index in [4.69, 9.17) is 0 Å². The number of anilines is 1. The third-order valence-electron chi connectivity index (χ3n) is 5.93. The number of hydrogen-bond donors (Lipinski definition) is 2. The van der Waals surface area contributed by atoms with Crippen molar-refractivity contribution in [3.05, 3.63) is 51.2 Å². The summed E-state index contributed by atoms with van der Waals surface area (Å²) in [4.78, 5) is 26.1. The average Bonchev–Trinajstić information content (AvgIpc) is 3.42. The third kappa shape index (κ3) is 4.58. The van der Waals surface area contributed by atoms with Crippen molar-refractivity contribution in [3.63, 3.8) is 0 Å². The molecule has 6 heteroatoms. The smallest absolute Gasteiger partial charge is 0.272 e. The van der Waals surface area contributed by atoms with Crippen LogP contribution in [-0.2, 0) is 17.6 Å². The molecule has 0 spiro atoms. The Morgan fingerprint density at radius 3 is 2.52 bits per heavy atom. The number of thiophene rings is 1. The highest BCUT2D eigenvalue weighted by molar-refractivity contribution is 7.10. The molecule has 5 nitrogen and oxygen atoms in total. The van der Waals surface area contributed by atoms with Gasteiger partial charge in [0.2, 0.25) is 5.91 Å². The monoisotopic (exact) mass is 409 g/mol. The number of nitrogens with zero attached hydrogens (tertiary/aromatic N) is 1. The molecule has 1 aromatic heterocycles. The standard InChI is InChI=1S/C23H27N3O2S/c1-15(25-26-23(28)20-14-29-21-9-5-4-8-19(20)21)16-10-12-18(13-11-16)24-22(27)17-6-2-3-7-17/h10-14,17H,2-9H2,1H3,(H,24,27)(H,26,28)/b25-15+. The van der Waals surface area contributed by atoms with E-state index in [2.05, 4.69) is 15.8 Å². The minimum absolute atomic E-state index is 0.118. The summed E-state index contributed by atoms with van der Waals surface area (Å²) in [5, 5.41) is 9.24. The molecular formula is C23H27N3O2S. The summed E-state index contributed by atoms with van der Waals surface area (Å²) in [5.41, 5.74) is 7.12. The van der Waals surface area contributed by atoms with Gasteiger partial charge in [-0.1, -0.05) is 25.0 Å². The lowest BCUT2D eigenvalue weighted by Gasteiger charge is -2.12. The highest BCUT2D eigenvalue weighted by Crippen LogP contribution is 2.30. The lowest BCUT2D eigenvalue weighted by molar-refractivity contribution is -0.119. The van der Waals surface area contributed by atoms with Crippen molar-refractivity contribution >= 4 is 34.6 Å². The second kappa shape index (κ2) is 8.91. The summed E-state index contributed by atoms with van der Waals surface area (Å²) in [7, 11) is 0. The van der Waals surface area contributed by atoms with Crippen LogP contribution < -0.4 is 10.7 Å². The van der Waals surface area contributed by atoms with Crippen LogP contribution in [0.2, 0.25) is 0 Å². The molecule has 29 heavy (non-hydrogen) atoms. The largest absolute Gasteiger partial charge is 0.326 e. The molecule has 1 fully saturated rings. The SMILES string of the molecule is C/C(=N\NC(=O)c1csc2c1CCCC2)c1ccc(NC(=O)C2CCCC2)cc1. The maximum atomic E-state index is 12.6. The predicted molar refractivity (Wildman–Crippen MR) is 118 cm³/mol. The lowest BCUT2D eigenvalue weighted by atomic mass is 9.96. The van der Waals surface area contributed by atoms with Crippen molar-refractivity contribution in [1.29, 1.82) is 0 Å². The summed E-state index contributed by atoms with van der Waals surface area (Å²) in [5.74, 6) is 0.132. The minimum atomic E-state index is -0.135. The highest BCUT2D eigenvalue weighted by atomic mass is 32.1. The Hall–Kier alpha value is -2.47. The van der Waals surface area contributed by atoms with Gasteiger partial charge >= 0.3 is 0 Å². The Kier molecular flexibility index (Phi) is 6.09. The maximum Gasteiger partial charge on any atom is 0.272 e. The van der Waals surface area contributed by atoms with Gasteiger partial charge in [0.25, 0.3) is 5.91 Å². The number of amides is 2. The molecule has 1 saturated carbocycles. The molecule has 2 amide bonds. The second-order valence-electron chi connectivity index (χ2n) is 7.94. The number of carbonyl (C=O) groups excluding carboxylic acids is 2. The normalized spacial score (nSPS) is 17.1. The molecule has 2 aliphatic carbocycles. The topological polar surface area (TPSA) is 70.6 Å². The van der Waals surface area contributed by atoms with Gasteiger partial charge < -0.3 is 5.32 Å². The lowest BCUT2D eigenvalue weighted by Crippen LogP contribution is -2.21. The number of fused-ring (bicyclic) bond motifs is 1. The number of rotatable bonds is 5. The molecule has 0 atom stereocenters. The molecule has 1 heterocycles. The molecule has 152 valence electrons. The van der Waals surface area contributed by atoms with E-state index in [1.165, 1.54) is 16.9 Å². The van der Waals surface area contributed by atoms with Crippen molar-refractivity contribution in [3.8, 4) is 0 Å². The Morgan fingerprint density at radius 1 is 1.03 bits per heavy atom. The van der Waals surface area contributed by atoms with Crippen LogP contribution in [0.4, 0.5) is 5.69 Å². The molecule has 2 aromatic rings. The van der Waals surface area contributed by atoms with Gasteiger partial charge in [-0.2, -0.15) is 5.10 Å². The predicted octanol–water partition coefficient (Wildman–Crippen LogP) is 4.91. The van der Waals surface area contributed by atoms with E-state index >= 15 is 0 Å². The number of hydrogen-bond acceptors (Lipinski definition) is 4. The molecular weight excluding hydrogens is 382 g/mol. The van der Waals surface area contributed by atoms with Crippen molar-refractivity contribution in [2.45, 2.75) is 58.3 Å². The number of hydrazone groups is 1. The van der Waals surface area contributed by atoms with Crippen LogP contribution in [0.15, 0.2) is 34.7 Å². The van der Waals surface area contributed by atoms with Gasteiger partial charge in [-0.3, -0.25) is 9.59 Å². The fourth-order valence-electron chi connectivity index (χ4n) is 4.17. The molecule has 0 bridgehead atoms. The maximum absolute atomic E-state index is 12.6. The molecule has 1 aromatic carbocycles. The van der Waals surface area contributed by atoms with Gasteiger partial charge in [0.15, 0.2) is 0 Å². The fraction of sp³-hybridized carbons (Fsp3) is 0.435. The van der Waals surface area contributed by atoms with Crippen molar-refractivity contribution in [2.24, 2.45) is 11.0 Å². The zero-order chi connectivity index (χ0) is 20.2. The molecule has 0 aliphatic heterocycles. The molecule has 0 unspecified atom stereocenters. The average molecular weight is 410 g/mol. The van der Waals surface area contributed by atoms with Gasteiger partial charge in [-0.05, 0) is 68.7 Å². The van der Waals surface area contributed by atoms with E-state index in [-0.39, 0.29) is 17.7 Å². The zero-order valence-corrected chi connectivity index (χ0v) is 17.6. The van der Waals surface area contributed by atoms with Gasteiger partial charge in [-0.15, -0.1) is 11.3 Å². The molecule has 2 N–H and O–H groups in total. The van der Waals surface area contributed by atoms with Gasteiger partial charge in [-0.25, -0.2) is 5.43 Å². The minimum Gasteiger partial charge on any atom is -0.326 e. The number of benzene rings is 1. The number of aryl methyl sites for hydroxylation is 1. The second-order valence-corrected chi connectivity index (χ2v) is 8.91. The highest BCUT2D eigenvalue weighted by Gasteiger charge is 2.22. The van der Waals surface area contributed by atoms with Crippen LogP contribution >= 0.6 is 11.3 Å². The zero-order valence-electron chi connectivity index (χ0n) is 16.8. The van der Waals surface area contributed by atoms with E-state index < -0.39 is 0 Å². The van der Waals surface area contributed by atoms with Crippen molar-refractivity contribution < 1.29 is 9.59 Å². The molecule has 2 aliphatic rings. The third-order valence-corrected chi connectivity index (χ3v) is 7.02. The van der Waals surface area contributed by atoms with Crippen molar-refractivity contribution in [1.82, 2.24) is 5.43 Å². The van der Waals surface area contributed by atoms with Crippen LogP contribution in [0, 0.1) is 5.92 Å². The summed E-state index contributed by atoms with van der Waals surface area (Å²) in [6.07, 6.45) is 8.70. The van der Waals surface area contributed by atoms with Gasteiger partial charge in [0.1, 0.15) is 0 Å². The summed E-state index contributed by atoms with van der Waals surface area (Å²) in [6.45, 7) is 1.87. The first kappa shape index (κ1) is 19.8. The molecule has 0 radical (unpaired) electrons. The summed E-state index contributed by atoms with van der Waals surface area (Å²) in [6, 6.07) is 7.61. The first-order valence-electron chi connectivity index (χ1n) is 10.5. The van der Waals surface area contributed by atoms with Crippen molar-refractivity contribution in [2.75, 3.05) is 5.32 Å². The van der Waals surface area contributed by atoms with E-state index in [1.807, 2.05) is 36.6 Å². The Morgan fingerprint density at radius 2 is 1.76 bits per heavy atom. The Bertz CT molecular complexity index is 924. The van der Waals surface area contributed by atoms with Gasteiger partial charge in [0.05, 0.1) is 11.3 Å². The summed E-state index contributed by atoms with van der Waals surface area (Å²) < 4.78 is 0. The van der Waals surface area contributed by atoms with E-state index in [9.17, 15) is 9.59 Å². The number of nitrogens with one attached hydrogen (secondary N) is 2. The van der Waals surface area contributed by atoms with E-state index in [1.54, 1.807) is 11.3 Å². The van der Waals surface area contributed by atoms with Crippen LogP contribution in [0.25, 0.3) is 0 Å². The first-order valence-corrected chi connectivity index (χ1v) is 11.3. The van der Waals surface area contributed by atoms with Crippen LogP contribution in [0.5, 0.6) is 0 Å². The molecule has 4 rings (SSSR count). The van der Waals surface area contributed by atoms with Gasteiger partial charge in [0, 0.05) is 21.9 Å². The van der Waals surface area contributed by atoms with Crippen LogP contribution in [0.1, 0.15) is 71.8 Å². The van der Waals surface area contributed by atoms with Crippen LogP contribution in [0.3, 0.4) is 0 Å². The quantitative estimate of drug-likeness (QED) is 0.544. The summed E-state index contributed by atoms with van der Waals surface area (Å²) >= 11 is 1.68. The Balaban J connectivity index is 1.36. The van der Waals surface area contributed by atoms with E-state index in [0.29, 0.717) is 0 Å². The number of carbonyl (C=O) groups is 2. The fourth-order valence-corrected chi connectivity index (χ4v) is 5.30. The van der Waals surface area contributed by atoms with E-state index in [0.717, 1.165) is 67.5 Å². The van der Waals surface area contributed by atoms with Crippen LogP contribution in [-0.4, -0.2) is 17.5 Å².